The summed E-state index contributed by atoms with van der Waals surface area (Å²) in [4.78, 5) is 0. The Kier molecular flexibility index (Phi) is 17.1. The van der Waals surface area contributed by atoms with Crippen molar-refractivity contribution in [3.8, 4) is 0 Å². The first kappa shape index (κ1) is 14.2. The molecule has 0 aliphatic carbocycles. The minimum absolute atomic E-state index is 0. The Morgan fingerprint density at radius 2 is 1.18 bits per heavy atom. The molecule has 70 valence electrons. The highest BCUT2D eigenvalue weighted by atomic mass is 33.1. The van der Waals surface area contributed by atoms with Crippen molar-refractivity contribution < 1.29 is 5.48 Å². The summed E-state index contributed by atoms with van der Waals surface area (Å²) in [5.41, 5.74) is 0. The van der Waals surface area contributed by atoms with Gasteiger partial charge in [0.2, 0.25) is 0 Å². The zero-order valence-electron chi connectivity index (χ0n) is 7.56. The summed E-state index contributed by atoms with van der Waals surface area (Å²) in [7, 11) is 4.07. The predicted octanol–water partition coefficient (Wildman–Crippen LogP) is 3.14. The highest BCUT2D eigenvalue weighted by molar-refractivity contribution is 8.76. The highest BCUT2D eigenvalue weighted by Gasteiger charge is 1.88. The van der Waals surface area contributed by atoms with Gasteiger partial charge < -0.3 is 5.48 Å². The van der Waals surface area contributed by atoms with Gasteiger partial charge in [0, 0.05) is 11.5 Å². The smallest absolute Gasteiger partial charge is 0.00368 e. The minimum atomic E-state index is 0. The van der Waals surface area contributed by atoms with E-state index in [0.29, 0.717) is 0 Å². The lowest BCUT2D eigenvalue weighted by atomic mass is 10.4. The third-order valence-corrected chi connectivity index (χ3v) is 3.82. The molecule has 0 rings (SSSR count). The van der Waals surface area contributed by atoms with Crippen LogP contribution in [0.2, 0.25) is 0 Å². The van der Waals surface area contributed by atoms with Crippen LogP contribution in [0.15, 0.2) is 0 Å². The molecule has 0 radical (unpaired) electrons. The molecule has 0 unspecified atom stereocenters. The van der Waals surface area contributed by atoms with Gasteiger partial charge in [0.1, 0.15) is 0 Å². The normalized spacial score (nSPS) is 9.27. The van der Waals surface area contributed by atoms with Gasteiger partial charge in [0.25, 0.3) is 0 Å². The van der Waals surface area contributed by atoms with Crippen LogP contribution in [0.3, 0.4) is 0 Å². The maximum Gasteiger partial charge on any atom is 0.00368 e. The van der Waals surface area contributed by atoms with Crippen LogP contribution in [0.4, 0.5) is 0 Å². The molecular weight excluding hydrogens is 176 g/mol. The SMILES string of the molecule is CCCCSSCCCC.O. The molecule has 1 nitrogen and oxygen atoms in total. The number of unbranched alkanes of at least 4 members (excludes halogenated alkanes) is 2. The molecule has 0 aromatic rings. The summed E-state index contributed by atoms with van der Waals surface area (Å²) in [6.45, 7) is 4.49. The second-order valence-electron chi connectivity index (χ2n) is 2.35. The van der Waals surface area contributed by atoms with Crippen LogP contribution in [-0.4, -0.2) is 17.0 Å². The first-order valence-corrected chi connectivity index (χ1v) is 6.65. The van der Waals surface area contributed by atoms with Crippen LogP contribution in [-0.2, 0) is 0 Å². The van der Waals surface area contributed by atoms with E-state index >= 15 is 0 Å². The molecule has 0 aliphatic rings. The molecule has 0 saturated heterocycles. The van der Waals surface area contributed by atoms with Crippen molar-refractivity contribution >= 4 is 21.6 Å². The van der Waals surface area contributed by atoms with Gasteiger partial charge in [-0.1, -0.05) is 48.3 Å². The third kappa shape index (κ3) is 13.6. The van der Waals surface area contributed by atoms with Crippen LogP contribution >= 0.6 is 21.6 Å². The summed E-state index contributed by atoms with van der Waals surface area (Å²) < 4.78 is 0. The maximum atomic E-state index is 2.25. The Hall–Kier alpha value is 0.660. The zero-order valence-corrected chi connectivity index (χ0v) is 9.19. The summed E-state index contributed by atoms with van der Waals surface area (Å²) in [6.07, 6.45) is 5.43. The average Bonchev–Trinajstić information content (AvgIpc) is 1.97. The van der Waals surface area contributed by atoms with E-state index in [9.17, 15) is 0 Å². The summed E-state index contributed by atoms with van der Waals surface area (Å²) >= 11 is 0. The highest BCUT2D eigenvalue weighted by Crippen LogP contribution is 2.23. The number of hydrogen-bond acceptors (Lipinski definition) is 2. The molecule has 0 heterocycles. The average molecular weight is 196 g/mol. The molecule has 2 N–H and O–H groups in total. The lowest BCUT2D eigenvalue weighted by Crippen LogP contribution is -1.76. The fourth-order valence-electron chi connectivity index (χ4n) is 0.524. The van der Waals surface area contributed by atoms with Crippen molar-refractivity contribution in [2.24, 2.45) is 0 Å². The summed E-state index contributed by atoms with van der Waals surface area (Å²) in [5.74, 6) is 2.68. The maximum absolute atomic E-state index is 2.25. The van der Waals surface area contributed by atoms with Crippen LogP contribution < -0.4 is 0 Å². The molecule has 3 heteroatoms. The molecule has 0 saturated carbocycles. The van der Waals surface area contributed by atoms with E-state index in [4.69, 9.17) is 0 Å². The van der Waals surface area contributed by atoms with Crippen LogP contribution in [0.5, 0.6) is 0 Å². The van der Waals surface area contributed by atoms with E-state index in [1.54, 1.807) is 0 Å². The van der Waals surface area contributed by atoms with E-state index < -0.39 is 0 Å². The van der Waals surface area contributed by atoms with Gasteiger partial charge in [-0.2, -0.15) is 0 Å². The molecule has 0 bridgehead atoms. The summed E-state index contributed by atoms with van der Waals surface area (Å²) in [5, 5.41) is 0. The van der Waals surface area contributed by atoms with Gasteiger partial charge in [-0.05, 0) is 12.8 Å². The van der Waals surface area contributed by atoms with Crippen molar-refractivity contribution in [3.05, 3.63) is 0 Å². The van der Waals surface area contributed by atoms with Gasteiger partial charge in [-0.25, -0.2) is 0 Å². The minimum Gasteiger partial charge on any atom is -0.412 e. The fraction of sp³-hybridized carbons (Fsp3) is 1.00. The molecule has 0 aromatic carbocycles. The second kappa shape index (κ2) is 13.3. The zero-order chi connectivity index (χ0) is 7.66. The topological polar surface area (TPSA) is 31.5 Å². The molecule has 11 heavy (non-hydrogen) atoms. The van der Waals surface area contributed by atoms with Gasteiger partial charge in [0.05, 0.1) is 0 Å². The van der Waals surface area contributed by atoms with E-state index in [-0.39, 0.29) is 5.48 Å². The number of rotatable bonds is 7. The first-order chi connectivity index (χ1) is 4.91. The predicted molar refractivity (Wildman–Crippen MR) is 58.3 cm³/mol. The molecular formula is C8H20OS2. The van der Waals surface area contributed by atoms with Crippen molar-refractivity contribution in [3.63, 3.8) is 0 Å². The Balaban J connectivity index is 0. The lowest BCUT2D eigenvalue weighted by Gasteiger charge is -1.97. The van der Waals surface area contributed by atoms with Crippen LogP contribution in [0, 0.1) is 0 Å². The van der Waals surface area contributed by atoms with Gasteiger partial charge in [-0.3, -0.25) is 0 Å². The molecule has 0 aliphatic heterocycles. The standard InChI is InChI=1S/C8H18S2.H2O/c1-3-5-7-9-10-8-6-4-2;/h3-8H2,1-2H3;1H2. The first-order valence-electron chi connectivity index (χ1n) is 4.16. The Morgan fingerprint density at radius 3 is 1.45 bits per heavy atom. The second-order valence-corrected chi connectivity index (χ2v) is 5.05. The van der Waals surface area contributed by atoms with E-state index in [2.05, 4.69) is 13.8 Å². The molecule has 0 atom stereocenters. The quantitative estimate of drug-likeness (QED) is 0.463. The third-order valence-electron chi connectivity index (χ3n) is 1.25. The molecule has 0 fully saturated rings. The van der Waals surface area contributed by atoms with E-state index in [1.807, 2.05) is 21.6 Å². The van der Waals surface area contributed by atoms with Crippen molar-refractivity contribution in [1.29, 1.82) is 0 Å². The lowest BCUT2D eigenvalue weighted by molar-refractivity contribution is 0.824. The van der Waals surface area contributed by atoms with Gasteiger partial charge in [-0.15, -0.1) is 0 Å². The number of hydrogen-bond donors (Lipinski definition) is 0. The largest absolute Gasteiger partial charge is 0.412 e. The summed E-state index contributed by atoms with van der Waals surface area (Å²) in [6, 6.07) is 0. The van der Waals surface area contributed by atoms with Gasteiger partial charge in [0.15, 0.2) is 0 Å². The Labute approximate surface area is 78.4 Å². The van der Waals surface area contributed by atoms with Crippen molar-refractivity contribution in [2.45, 2.75) is 39.5 Å². The Bertz CT molecular complexity index is 52.1. The molecule has 0 aromatic heterocycles. The van der Waals surface area contributed by atoms with Crippen molar-refractivity contribution in [2.75, 3.05) is 11.5 Å². The van der Waals surface area contributed by atoms with Crippen LogP contribution in [0.25, 0.3) is 0 Å². The van der Waals surface area contributed by atoms with Gasteiger partial charge >= 0.3 is 0 Å². The molecule has 0 amide bonds. The Morgan fingerprint density at radius 1 is 0.818 bits per heavy atom. The van der Waals surface area contributed by atoms with E-state index in [0.717, 1.165) is 0 Å². The van der Waals surface area contributed by atoms with E-state index in [1.165, 1.54) is 37.2 Å². The molecule has 0 spiro atoms. The van der Waals surface area contributed by atoms with Crippen LogP contribution in [0.1, 0.15) is 39.5 Å². The monoisotopic (exact) mass is 196 g/mol. The fourth-order valence-corrected chi connectivity index (χ4v) is 2.99. The van der Waals surface area contributed by atoms with Crippen molar-refractivity contribution in [1.82, 2.24) is 0 Å².